The third-order valence-electron chi connectivity index (χ3n) is 2.08. The molecule has 0 saturated heterocycles. The standard InChI is InChI=1S/C11H8BrIN2O2S/c12-8-5-6-14-11(7-8)15-18(16,17)10-3-1-9(13)2-4-10/h1-7H,(H,14,15). The summed E-state index contributed by atoms with van der Waals surface area (Å²) in [5.41, 5.74) is 0. The molecule has 1 N–H and O–H groups in total. The van der Waals surface area contributed by atoms with Gasteiger partial charge >= 0.3 is 0 Å². The van der Waals surface area contributed by atoms with Crippen LogP contribution in [-0.2, 0) is 10.0 Å². The van der Waals surface area contributed by atoms with Crippen LogP contribution in [0.25, 0.3) is 0 Å². The fourth-order valence-electron chi connectivity index (χ4n) is 1.27. The van der Waals surface area contributed by atoms with E-state index in [1.165, 1.54) is 6.20 Å². The van der Waals surface area contributed by atoms with Crippen molar-refractivity contribution < 1.29 is 8.42 Å². The molecule has 0 aliphatic heterocycles. The SMILES string of the molecule is O=S(=O)(Nc1cc(Br)ccn1)c1ccc(I)cc1. The minimum absolute atomic E-state index is 0.213. The van der Waals surface area contributed by atoms with Gasteiger partial charge in [-0.05, 0) is 59.0 Å². The lowest BCUT2D eigenvalue weighted by molar-refractivity contribution is 0.601. The molecule has 0 atom stereocenters. The van der Waals surface area contributed by atoms with Crippen LogP contribution in [0.5, 0.6) is 0 Å². The van der Waals surface area contributed by atoms with E-state index in [-0.39, 0.29) is 10.7 Å². The number of nitrogens with one attached hydrogen (secondary N) is 1. The van der Waals surface area contributed by atoms with Crippen molar-refractivity contribution in [2.24, 2.45) is 0 Å². The first kappa shape index (κ1) is 13.8. The van der Waals surface area contributed by atoms with Crippen LogP contribution in [-0.4, -0.2) is 13.4 Å². The van der Waals surface area contributed by atoms with Gasteiger partial charge in [0.15, 0.2) is 0 Å². The second kappa shape index (κ2) is 5.54. The van der Waals surface area contributed by atoms with Gasteiger partial charge in [0.05, 0.1) is 4.90 Å². The number of anilines is 1. The summed E-state index contributed by atoms with van der Waals surface area (Å²) >= 11 is 5.38. The first-order valence-corrected chi connectivity index (χ1v) is 8.23. The normalized spacial score (nSPS) is 11.2. The van der Waals surface area contributed by atoms with E-state index in [9.17, 15) is 8.42 Å². The maximum atomic E-state index is 12.1. The molecule has 2 rings (SSSR count). The molecule has 94 valence electrons. The van der Waals surface area contributed by atoms with Gasteiger partial charge in [-0.3, -0.25) is 4.72 Å². The highest BCUT2D eigenvalue weighted by molar-refractivity contribution is 14.1. The summed E-state index contributed by atoms with van der Waals surface area (Å²) in [6, 6.07) is 9.92. The van der Waals surface area contributed by atoms with Crippen molar-refractivity contribution in [1.29, 1.82) is 0 Å². The Hall–Kier alpha value is -0.670. The van der Waals surface area contributed by atoms with Crippen LogP contribution in [0.4, 0.5) is 5.82 Å². The fraction of sp³-hybridized carbons (Fsp3) is 0. The molecule has 1 aromatic carbocycles. The highest BCUT2D eigenvalue weighted by Gasteiger charge is 2.14. The van der Waals surface area contributed by atoms with E-state index in [1.54, 1.807) is 36.4 Å². The van der Waals surface area contributed by atoms with E-state index >= 15 is 0 Å². The van der Waals surface area contributed by atoms with E-state index in [0.717, 1.165) is 8.04 Å². The Bertz CT molecular complexity index is 659. The van der Waals surface area contributed by atoms with E-state index in [0.29, 0.717) is 0 Å². The van der Waals surface area contributed by atoms with E-state index in [1.807, 2.05) is 0 Å². The minimum Gasteiger partial charge on any atom is -0.263 e. The van der Waals surface area contributed by atoms with Crippen molar-refractivity contribution in [2.45, 2.75) is 4.90 Å². The van der Waals surface area contributed by atoms with Crippen LogP contribution >= 0.6 is 38.5 Å². The van der Waals surface area contributed by atoms with Crippen LogP contribution < -0.4 is 4.72 Å². The van der Waals surface area contributed by atoms with Crippen molar-refractivity contribution in [1.82, 2.24) is 4.98 Å². The number of halogens is 2. The number of aromatic nitrogens is 1. The Morgan fingerprint density at radius 2 is 1.83 bits per heavy atom. The molecule has 0 fully saturated rings. The van der Waals surface area contributed by atoms with Crippen LogP contribution in [0, 0.1) is 3.57 Å². The molecule has 2 aromatic rings. The minimum atomic E-state index is -3.58. The first-order valence-electron chi connectivity index (χ1n) is 4.87. The van der Waals surface area contributed by atoms with Gasteiger partial charge in [0.25, 0.3) is 10.0 Å². The fourth-order valence-corrected chi connectivity index (χ4v) is 2.96. The number of hydrogen-bond donors (Lipinski definition) is 1. The molecule has 1 heterocycles. The zero-order valence-electron chi connectivity index (χ0n) is 8.97. The molecule has 0 radical (unpaired) electrons. The van der Waals surface area contributed by atoms with Gasteiger partial charge in [0.2, 0.25) is 0 Å². The number of benzene rings is 1. The monoisotopic (exact) mass is 438 g/mol. The van der Waals surface area contributed by atoms with Crippen LogP contribution in [0.3, 0.4) is 0 Å². The van der Waals surface area contributed by atoms with Crippen molar-refractivity contribution in [3.63, 3.8) is 0 Å². The number of pyridine rings is 1. The number of sulfonamides is 1. The highest BCUT2D eigenvalue weighted by Crippen LogP contribution is 2.18. The van der Waals surface area contributed by atoms with Crippen LogP contribution in [0.1, 0.15) is 0 Å². The molecule has 0 aliphatic carbocycles. The first-order chi connectivity index (χ1) is 8.47. The zero-order chi connectivity index (χ0) is 13.2. The molecule has 4 nitrogen and oxygen atoms in total. The van der Waals surface area contributed by atoms with Gasteiger partial charge in [-0.25, -0.2) is 13.4 Å². The Morgan fingerprint density at radius 1 is 1.17 bits per heavy atom. The second-order valence-corrected chi connectivity index (χ2v) is 7.26. The molecule has 18 heavy (non-hydrogen) atoms. The van der Waals surface area contributed by atoms with E-state index < -0.39 is 10.0 Å². The molecule has 0 spiro atoms. The molecule has 0 aliphatic rings. The van der Waals surface area contributed by atoms with Gasteiger partial charge in [-0.2, -0.15) is 0 Å². The van der Waals surface area contributed by atoms with E-state index in [2.05, 4.69) is 48.2 Å². The summed E-state index contributed by atoms with van der Waals surface area (Å²) in [6.07, 6.45) is 1.52. The van der Waals surface area contributed by atoms with Gasteiger partial charge in [0.1, 0.15) is 5.82 Å². The largest absolute Gasteiger partial charge is 0.263 e. The average molecular weight is 439 g/mol. The molecule has 0 amide bonds. The van der Waals surface area contributed by atoms with Gasteiger partial charge in [0, 0.05) is 14.2 Å². The average Bonchev–Trinajstić information content (AvgIpc) is 2.29. The summed E-state index contributed by atoms with van der Waals surface area (Å²) in [4.78, 5) is 4.16. The van der Waals surface area contributed by atoms with Crippen molar-refractivity contribution in [2.75, 3.05) is 4.72 Å². The molecule has 0 saturated carbocycles. The summed E-state index contributed by atoms with van der Waals surface area (Å²) in [6.45, 7) is 0. The lowest BCUT2D eigenvalue weighted by Gasteiger charge is -2.07. The Kier molecular flexibility index (Phi) is 4.23. The summed E-state index contributed by atoms with van der Waals surface area (Å²) in [7, 11) is -3.58. The Morgan fingerprint density at radius 3 is 2.44 bits per heavy atom. The molecule has 7 heteroatoms. The van der Waals surface area contributed by atoms with Crippen LogP contribution in [0.2, 0.25) is 0 Å². The van der Waals surface area contributed by atoms with Crippen molar-refractivity contribution in [3.05, 3.63) is 50.6 Å². The summed E-state index contributed by atoms with van der Waals surface area (Å²) in [5.74, 6) is 0.280. The number of nitrogens with zero attached hydrogens (tertiary/aromatic N) is 1. The third kappa shape index (κ3) is 3.42. The molecule has 1 aromatic heterocycles. The third-order valence-corrected chi connectivity index (χ3v) is 4.67. The quantitative estimate of drug-likeness (QED) is 0.748. The summed E-state index contributed by atoms with van der Waals surface area (Å²) in [5, 5.41) is 0. The molecule has 0 unspecified atom stereocenters. The van der Waals surface area contributed by atoms with Crippen LogP contribution in [0.15, 0.2) is 52.0 Å². The lowest BCUT2D eigenvalue weighted by Crippen LogP contribution is -2.13. The zero-order valence-corrected chi connectivity index (χ0v) is 13.5. The second-order valence-electron chi connectivity index (χ2n) is 3.42. The highest BCUT2D eigenvalue weighted by atomic mass is 127. The predicted molar refractivity (Wildman–Crippen MR) is 81.9 cm³/mol. The van der Waals surface area contributed by atoms with Crippen molar-refractivity contribution in [3.8, 4) is 0 Å². The predicted octanol–water partition coefficient (Wildman–Crippen LogP) is 3.25. The number of hydrogen-bond acceptors (Lipinski definition) is 3. The summed E-state index contributed by atoms with van der Waals surface area (Å²) < 4.78 is 28.3. The maximum Gasteiger partial charge on any atom is 0.263 e. The topological polar surface area (TPSA) is 59.1 Å². The van der Waals surface area contributed by atoms with E-state index in [4.69, 9.17) is 0 Å². The molecular weight excluding hydrogens is 431 g/mol. The lowest BCUT2D eigenvalue weighted by atomic mass is 10.4. The number of rotatable bonds is 3. The Balaban J connectivity index is 2.30. The van der Waals surface area contributed by atoms with Gasteiger partial charge < -0.3 is 0 Å². The van der Waals surface area contributed by atoms with Gasteiger partial charge in [-0.15, -0.1) is 0 Å². The van der Waals surface area contributed by atoms with Gasteiger partial charge in [-0.1, -0.05) is 15.9 Å². The molecule has 0 bridgehead atoms. The van der Waals surface area contributed by atoms with Crippen molar-refractivity contribution >= 4 is 54.4 Å². The maximum absolute atomic E-state index is 12.1. The molecular formula is C11H8BrIN2O2S. The Labute approximate surface area is 127 Å². The smallest absolute Gasteiger partial charge is 0.263 e.